The number of ether oxygens (including phenoxy) is 2. The first-order valence-corrected chi connectivity index (χ1v) is 10.2. The molecule has 0 saturated carbocycles. The molecule has 1 heterocycles. The number of hydrogen-bond donors (Lipinski definition) is 2. The maximum Gasteiger partial charge on any atom is 0.325 e. The fourth-order valence-electron chi connectivity index (χ4n) is 3.49. The van der Waals surface area contributed by atoms with E-state index in [0.29, 0.717) is 17.1 Å². The Morgan fingerprint density at radius 3 is 2.16 bits per heavy atom. The van der Waals surface area contributed by atoms with E-state index in [9.17, 15) is 14.7 Å². The molecule has 0 bridgehead atoms. The number of nitrogens with zero attached hydrogens (tertiary/aromatic N) is 1. The molecule has 2 aromatic rings. The average molecular weight is 427 g/mol. The van der Waals surface area contributed by atoms with Crippen LogP contribution in [0.5, 0.6) is 11.5 Å². The standard InChI is InChI=1S/C24H30N2O5/c1-23(2,3)16-6-12-20(13-7-16)31-15-18(27)14-26-21(28)24(4,25-22(26)29)17-8-10-19(30-5)11-9-17/h6-13,18,27H,14-15H2,1-5H3,(H,25,29)/t18-,24+/m1/s1. The topological polar surface area (TPSA) is 88.1 Å². The lowest BCUT2D eigenvalue weighted by Gasteiger charge is -2.23. The second kappa shape index (κ2) is 8.59. The highest BCUT2D eigenvalue weighted by atomic mass is 16.5. The summed E-state index contributed by atoms with van der Waals surface area (Å²) in [5.41, 5.74) is 0.654. The minimum Gasteiger partial charge on any atom is -0.497 e. The van der Waals surface area contributed by atoms with E-state index >= 15 is 0 Å². The number of carbonyl (C=O) groups excluding carboxylic acids is 2. The van der Waals surface area contributed by atoms with Gasteiger partial charge in [0.05, 0.1) is 13.7 Å². The number of rotatable bonds is 7. The minimum absolute atomic E-state index is 0.0365. The first-order chi connectivity index (χ1) is 14.5. The highest BCUT2D eigenvalue weighted by Gasteiger charge is 2.49. The number of nitrogens with one attached hydrogen (secondary N) is 1. The molecule has 1 saturated heterocycles. The van der Waals surface area contributed by atoms with E-state index in [0.717, 1.165) is 4.90 Å². The van der Waals surface area contributed by atoms with Gasteiger partial charge in [-0.05, 0) is 47.7 Å². The van der Waals surface area contributed by atoms with Gasteiger partial charge >= 0.3 is 6.03 Å². The molecule has 0 radical (unpaired) electrons. The number of methoxy groups -OCH3 is 1. The lowest BCUT2D eigenvalue weighted by Crippen LogP contribution is -2.42. The SMILES string of the molecule is COc1ccc([C@]2(C)NC(=O)N(C[C@@H](O)COc3ccc(C(C)(C)C)cc3)C2=O)cc1. The zero-order chi connectivity index (χ0) is 22.8. The molecule has 0 aliphatic carbocycles. The van der Waals surface area contributed by atoms with E-state index in [1.165, 1.54) is 5.56 Å². The summed E-state index contributed by atoms with van der Waals surface area (Å²) in [6, 6.07) is 14.1. The second-order valence-corrected chi connectivity index (χ2v) is 8.94. The molecule has 166 valence electrons. The third-order valence-electron chi connectivity index (χ3n) is 5.50. The van der Waals surface area contributed by atoms with Crippen molar-refractivity contribution in [3.8, 4) is 11.5 Å². The smallest absolute Gasteiger partial charge is 0.325 e. The number of carbonyl (C=O) groups is 2. The van der Waals surface area contributed by atoms with Gasteiger partial charge in [0.2, 0.25) is 0 Å². The van der Waals surface area contributed by atoms with E-state index < -0.39 is 23.6 Å². The first-order valence-electron chi connectivity index (χ1n) is 10.2. The van der Waals surface area contributed by atoms with Gasteiger partial charge in [0.15, 0.2) is 0 Å². The number of imide groups is 1. The quantitative estimate of drug-likeness (QED) is 0.664. The van der Waals surface area contributed by atoms with Crippen LogP contribution >= 0.6 is 0 Å². The summed E-state index contributed by atoms with van der Waals surface area (Å²) in [6.07, 6.45) is -1.02. The van der Waals surface area contributed by atoms with Gasteiger partial charge in [-0.2, -0.15) is 0 Å². The van der Waals surface area contributed by atoms with Crippen molar-refractivity contribution in [1.29, 1.82) is 0 Å². The maximum atomic E-state index is 13.0. The van der Waals surface area contributed by atoms with Gasteiger partial charge in [0, 0.05) is 0 Å². The molecular formula is C24H30N2O5. The molecule has 1 fully saturated rings. The molecule has 7 heteroatoms. The van der Waals surface area contributed by atoms with E-state index in [1.807, 2.05) is 24.3 Å². The van der Waals surface area contributed by atoms with Gasteiger partial charge in [-0.15, -0.1) is 0 Å². The molecule has 2 atom stereocenters. The summed E-state index contributed by atoms with van der Waals surface area (Å²) >= 11 is 0. The first kappa shape index (κ1) is 22.6. The predicted molar refractivity (Wildman–Crippen MR) is 117 cm³/mol. The Balaban J connectivity index is 1.61. The average Bonchev–Trinajstić information content (AvgIpc) is 2.96. The van der Waals surface area contributed by atoms with Crippen LogP contribution in [0.2, 0.25) is 0 Å². The fraction of sp³-hybridized carbons (Fsp3) is 0.417. The van der Waals surface area contributed by atoms with Crippen LogP contribution in [-0.4, -0.2) is 48.3 Å². The van der Waals surface area contributed by atoms with Gasteiger partial charge < -0.3 is 19.9 Å². The Bertz CT molecular complexity index is 934. The van der Waals surface area contributed by atoms with Crippen molar-refractivity contribution in [2.75, 3.05) is 20.3 Å². The van der Waals surface area contributed by atoms with Crippen LogP contribution in [0.1, 0.15) is 38.8 Å². The molecule has 7 nitrogen and oxygen atoms in total. The van der Waals surface area contributed by atoms with Crippen molar-refractivity contribution >= 4 is 11.9 Å². The summed E-state index contributed by atoms with van der Waals surface area (Å²) in [4.78, 5) is 26.5. The van der Waals surface area contributed by atoms with E-state index in [-0.39, 0.29) is 18.6 Å². The molecule has 1 aliphatic rings. The van der Waals surface area contributed by atoms with Crippen LogP contribution < -0.4 is 14.8 Å². The number of aliphatic hydroxyl groups excluding tert-OH is 1. The van der Waals surface area contributed by atoms with Crippen molar-refractivity contribution in [3.05, 3.63) is 59.7 Å². The minimum atomic E-state index is -1.20. The van der Waals surface area contributed by atoms with Gasteiger partial charge in [0.1, 0.15) is 29.7 Å². The van der Waals surface area contributed by atoms with Gasteiger partial charge in [-0.25, -0.2) is 4.79 Å². The highest BCUT2D eigenvalue weighted by Crippen LogP contribution is 2.30. The van der Waals surface area contributed by atoms with Crippen LogP contribution in [0.4, 0.5) is 4.79 Å². The summed E-state index contributed by atoms with van der Waals surface area (Å²) in [5, 5.41) is 13.1. The van der Waals surface area contributed by atoms with Crippen molar-refractivity contribution in [3.63, 3.8) is 0 Å². The van der Waals surface area contributed by atoms with E-state index in [2.05, 4.69) is 26.1 Å². The zero-order valence-electron chi connectivity index (χ0n) is 18.6. The van der Waals surface area contributed by atoms with Crippen LogP contribution in [0, 0.1) is 0 Å². The Morgan fingerprint density at radius 1 is 1.03 bits per heavy atom. The lowest BCUT2D eigenvalue weighted by molar-refractivity contribution is -0.132. The molecular weight excluding hydrogens is 396 g/mol. The lowest BCUT2D eigenvalue weighted by atomic mass is 9.87. The number of benzene rings is 2. The number of β-amino-alcohol motifs (C(OH)–C–C–N with tert-alkyl or cyclic N) is 1. The molecule has 0 aromatic heterocycles. The summed E-state index contributed by atoms with van der Waals surface area (Å²) in [7, 11) is 1.56. The summed E-state index contributed by atoms with van der Waals surface area (Å²) in [5.74, 6) is 0.854. The molecule has 1 aliphatic heterocycles. The Hall–Kier alpha value is -3.06. The Morgan fingerprint density at radius 2 is 1.61 bits per heavy atom. The third-order valence-corrected chi connectivity index (χ3v) is 5.50. The van der Waals surface area contributed by atoms with Crippen molar-refractivity contribution in [2.24, 2.45) is 0 Å². The molecule has 31 heavy (non-hydrogen) atoms. The Labute approximate surface area is 183 Å². The van der Waals surface area contributed by atoms with Crippen molar-refractivity contribution < 1.29 is 24.2 Å². The molecule has 2 N–H and O–H groups in total. The molecule has 3 rings (SSSR count). The van der Waals surface area contributed by atoms with Crippen LogP contribution in [0.3, 0.4) is 0 Å². The van der Waals surface area contributed by atoms with E-state index in [1.54, 1.807) is 38.3 Å². The van der Waals surface area contributed by atoms with Crippen LogP contribution in [0.15, 0.2) is 48.5 Å². The number of aliphatic hydroxyl groups is 1. The predicted octanol–water partition coefficient (Wildman–Crippen LogP) is 3.20. The maximum absolute atomic E-state index is 13.0. The molecule has 3 amide bonds. The zero-order valence-corrected chi connectivity index (χ0v) is 18.6. The molecule has 0 unspecified atom stereocenters. The number of amides is 3. The van der Waals surface area contributed by atoms with Gasteiger partial charge in [0.25, 0.3) is 5.91 Å². The molecule has 0 spiro atoms. The highest BCUT2D eigenvalue weighted by molar-refractivity contribution is 6.07. The van der Waals surface area contributed by atoms with Gasteiger partial charge in [-0.1, -0.05) is 45.0 Å². The van der Waals surface area contributed by atoms with Crippen LogP contribution in [0.25, 0.3) is 0 Å². The van der Waals surface area contributed by atoms with Crippen LogP contribution in [-0.2, 0) is 15.7 Å². The monoisotopic (exact) mass is 426 g/mol. The number of urea groups is 1. The Kier molecular flexibility index (Phi) is 6.27. The van der Waals surface area contributed by atoms with E-state index in [4.69, 9.17) is 9.47 Å². The largest absolute Gasteiger partial charge is 0.497 e. The number of hydrogen-bond acceptors (Lipinski definition) is 5. The summed E-state index contributed by atoms with van der Waals surface area (Å²) < 4.78 is 10.8. The molecule has 2 aromatic carbocycles. The van der Waals surface area contributed by atoms with Gasteiger partial charge in [-0.3, -0.25) is 9.69 Å². The second-order valence-electron chi connectivity index (χ2n) is 8.94. The van der Waals surface area contributed by atoms with Crippen molar-refractivity contribution in [2.45, 2.75) is 44.8 Å². The van der Waals surface area contributed by atoms with Crippen molar-refractivity contribution in [1.82, 2.24) is 10.2 Å². The summed E-state index contributed by atoms with van der Waals surface area (Å²) in [6.45, 7) is 7.84. The third kappa shape index (κ3) is 4.82. The normalized spacial score (nSPS) is 19.9. The fourth-order valence-corrected chi connectivity index (χ4v) is 3.49.